The summed E-state index contributed by atoms with van der Waals surface area (Å²) in [5.41, 5.74) is 2.09. The van der Waals surface area contributed by atoms with Gasteiger partial charge in [-0.2, -0.15) is 0 Å². The predicted molar refractivity (Wildman–Crippen MR) is 83.8 cm³/mol. The fourth-order valence-electron chi connectivity index (χ4n) is 3.02. The average Bonchev–Trinajstić information content (AvgIpc) is 2.71. The number of aromatic nitrogens is 2. The second kappa shape index (κ2) is 5.97. The van der Waals surface area contributed by atoms with Gasteiger partial charge in [-0.15, -0.1) is 11.3 Å². The maximum Gasteiger partial charge on any atom is 0.308 e. The first-order chi connectivity index (χ1) is 10.2. The number of aryl methyl sites for hydroxylation is 1. The summed E-state index contributed by atoms with van der Waals surface area (Å²) in [6.07, 6.45) is 6.35. The third-order valence-electron chi connectivity index (χ3n) is 4.19. The Morgan fingerprint density at radius 1 is 1.33 bits per heavy atom. The Kier molecular flexibility index (Phi) is 4.05. The van der Waals surface area contributed by atoms with Gasteiger partial charge in [0.25, 0.3) is 0 Å². The molecule has 2 unspecified atom stereocenters. The highest BCUT2D eigenvalue weighted by molar-refractivity contribution is 7.18. The van der Waals surface area contributed by atoms with E-state index in [1.807, 2.05) is 6.92 Å². The molecule has 1 aliphatic carbocycles. The molecule has 0 aliphatic heterocycles. The van der Waals surface area contributed by atoms with Crippen molar-refractivity contribution in [1.82, 2.24) is 9.97 Å². The van der Waals surface area contributed by atoms with Crippen molar-refractivity contribution in [3.63, 3.8) is 0 Å². The molecule has 0 amide bonds. The van der Waals surface area contributed by atoms with Gasteiger partial charge < -0.3 is 10.4 Å². The second-order valence-corrected chi connectivity index (χ2v) is 6.53. The average molecular weight is 305 g/mol. The summed E-state index contributed by atoms with van der Waals surface area (Å²) < 4.78 is 1.02. The Morgan fingerprint density at radius 3 is 2.95 bits per heavy atom. The largest absolute Gasteiger partial charge is 0.481 e. The summed E-state index contributed by atoms with van der Waals surface area (Å²) in [4.78, 5) is 20.1. The van der Waals surface area contributed by atoms with Crippen molar-refractivity contribution in [2.75, 3.05) is 5.32 Å². The number of hydrogen-bond acceptors (Lipinski definition) is 5. The van der Waals surface area contributed by atoms with Crippen LogP contribution in [0.15, 0.2) is 11.7 Å². The van der Waals surface area contributed by atoms with Crippen molar-refractivity contribution >= 4 is 33.3 Å². The minimum absolute atomic E-state index is 0.0505. The van der Waals surface area contributed by atoms with E-state index in [1.54, 1.807) is 17.7 Å². The third-order valence-corrected chi connectivity index (χ3v) is 5.28. The SMILES string of the molecule is Cc1csc2c(NC3CCCCCC3C(=O)O)ncnc12. The van der Waals surface area contributed by atoms with E-state index in [-0.39, 0.29) is 12.0 Å². The van der Waals surface area contributed by atoms with Gasteiger partial charge in [-0.1, -0.05) is 19.3 Å². The number of nitrogens with zero attached hydrogens (tertiary/aromatic N) is 2. The molecule has 2 atom stereocenters. The van der Waals surface area contributed by atoms with Gasteiger partial charge in [0, 0.05) is 6.04 Å². The molecule has 0 saturated heterocycles. The minimum atomic E-state index is -0.706. The number of fused-ring (bicyclic) bond motifs is 1. The predicted octanol–water partition coefficient (Wildman–Crippen LogP) is 3.45. The van der Waals surface area contributed by atoms with E-state index >= 15 is 0 Å². The molecule has 0 spiro atoms. The van der Waals surface area contributed by atoms with E-state index in [0.29, 0.717) is 0 Å². The first kappa shape index (κ1) is 14.3. The number of carboxylic acids is 1. The van der Waals surface area contributed by atoms with Crippen LogP contribution in [0.1, 0.15) is 37.7 Å². The van der Waals surface area contributed by atoms with Gasteiger partial charge in [-0.3, -0.25) is 4.79 Å². The molecule has 2 heterocycles. The topological polar surface area (TPSA) is 75.1 Å². The molecule has 1 saturated carbocycles. The van der Waals surface area contributed by atoms with Crippen LogP contribution in [0.5, 0.6) is 0 Å². The standard InChI is InChI=1S/C15H19N3O2S/c1-9-7-21-13-12(9)16-8-17-14(13)18-11-6-4-2-3-5-10(11)15(19)20/h7-8,10-11H,2-6H2,1H3,(H,19,20)(H,16,17,18). The number of anilines is 1. The van der Waals surface area contributed by atoms with Crippen LogP contribution < -0.4 is 5.32 Å². The third kappa shape index (κ3) is 2.85. The van der Waals surface area contributed by atoms with Crippen molar-refractivity contribution in [3.05, 3.63) is 17.3 Å². The van der Waals surface area contributed by atoms with E-state index in [4.69, 9.17) is 0 Å². The molecule has 2 aromatic rings. The molecule has 6 heteroatoms. The molecule has 21 heavy (non-hydrogen) atoms. The van der Waals surface area contributed by atoms with Gasteiger partial charge in [0.2, 0.25) is 0 Å². The molecular weight excluding hydrogens is 286 g/mol. The van der Waals surface area contributed by atoms with Crippen molar-refractivity contribution in [3.8, 4) is 0 Å². The number of carboxylic acid groups (broad SMARTS) is 1. The summed E-state index contributed by atoms with van der Waals surface area (Å²) in [5.74, 6) is -0.267. The lowest BCUT2D eigenvalue weighted by Gasteiger charge is -2.23. The maximum absolute atomic E-state index is 11.5. The van der Waals surface area contributed by atoms with Crippen molar-refractivity contribution in [2.24, 2.45) is 5.92 Å². The van der Waals surface area contributed by atoms with E-state index in [2.05, 4.69) is 20.7 Å². The van der Waals surface area contributed by atoms with Crippen LogP contribution in [0.2, 0.25) is 0 Å². The van der Waals surface area contributed by atoms with Crippen LogP contribution in [0.25, 0.3) is 10.2 Å². The Balaban J connectivity index is 1.90. The molecule has 0 bridgehead atoms. The highest BCUT2D eigenvalue weighted by atomic mass is 32.1. The quantitative estimate of drug-likeness (QED) is 0.850. The summed E-state index contributed by atoms with van der Waals surface area (Å²) >= 11 is 1.61. The number of nitrogens with one attached hydrogen (secondary N) is 1. The number of hydrogen-bond donors (Lipinski definition) is 2. The van der Waals surface area contributed by atoms with Crippen LogP contribution in [-0.2, 0) is 4.79 Å². The van der Waals surface area contributed by atoms with Crippen LogP contribution >= 0.6 is 11.3 Å². The van der Waals surface area contributed by atoms with Gasteiger partial charge >= 0.3 is 5.97 Å². The van der Waals surface area contributed by atoms with Gasteiger partial charge in [0.15, 0.2) is 0 Å². The Morgan fingerprint density at radius 2 is 2.14 bits per heavy atom. The Hall–Kier alpha value is -1.69. The molecule has 0 radical (unpaired) electrons. The molecule has 2 N–H and O–H groups in total. The van der Waals surface area contributed by atoms with Gasteiger partial charge in [-0.05, 0) is 30.7 Å². The molecule has 1 aliphatic rings. The van der Waals surface area contributed by atoms with Crippen molar-refractivity contribution in [2.45, 2.75) is 45.1 Å². The lowest BCUT2D eigenvalue weighted by atomic mass is 9.95. The number of thiophene rings is 1. The lowest BCUT2D eigenvalue weighted by molar-refractivity contribution is -0.142. The monoisotopic (exact) mass is 305 g/mol. The van der Waals surface area contributed by atoms with E-state index in [0.717, 1.165) is 53.7 Å². The van der Waals surface area contributed by atoms with Gasteiger partial charge in [0.05, 0.1) is 16.1 Å². The van der Waals surface area contributed by atoms with Crippen molar-refractivity contribution in [1.29, 1.82) is 0 Å². The van der Waals surface area contributed by atoms with E-state index in [1.165, 1.54) is 0 Å². The lowest BCUT2D eigenvalue weighted by Crippen LogP contribution is -2.34. The highest BCUT2D eigenvalue weighted by Gasteiger charge is 2.30. The fourth-order valence-corrected chi connectivity index (χ4v) is 3.98. The smallest absolute Gasteiger partial charge is 0.308 e. The molecule has 0 aromatic carbocycles. The molecule has 1 fully saturated rings. The van der Waals surface area contributed by atoms with Crippen molar-refractivity contribution < 1.29 is 9.90 Å². The molecule has 2 aromatic heterocycles. The Labute approximate surface area is 127 Å². The van der Waals surface area contributed by atoms with Crippen LogP contribution in [-0.4, -0.2) is 27.1 Å². The molecule has 3 rings (SSSR count). The van der Waals surface area contributed by atoms with Crippen LogP contribution in [0.4, 0.5) is 5.82 Å². The Bertz CT molecular complexity index is 655. The summed E-state index contributed by atoms with van der Waals surface area (Å²) in [6.45, 7) is 2.03. The second-order valence-electron chi connectivity index (χ2n) is 5.65. The summed E-state index contributed by atoms with van der Waals surface area (Å²) in [7, 11) is 0. The van der Waals surface area contributed by atoms with E-state index < -0.39 is 5.97 Å². The molecule has 5 nitrogen and oxygen atoms in total. The summed E-state index contributed by atoms with van der Waals surface area (Å²) in [5, 5.41) is 14.9. The van der Waals surface area contributed by atoms with E-state index in [9.17, 15) is 9.90 Å². The number of carbonyl (C=O) groups is 1. The molecular formula is C15H19N3O2S. The van der Waals surface area contributed by atoms with Gasteiger partial charge in [-0.25, -0.2) is 9.97 Å². The normalized spacial score (nSPS) is 22.9. The zero-order chi connectivity index (χ0) is 14.8. The number of rotatable bonds is 3. The zero-order valence-corrected chi connectivity index (χ0v) is 12.8. The fraction of sp³-hybridized carbons (Fsp3) is 0.533. The van der Waals surface area contributed by atoms with Crippen LogP contribution in [0, 0.1) is 12.8 Å². The zero-order valence-electron chi connectivity index (χ0n) is 12.0. The highest BCUT2D eigenvalue weighted by Crippen LogP contribution is 2.32. The maximum atomic E-state index is 11.5. The minimum Gasteiger partial charge on any atom is -0.481 e. The summed E-state index contributed by atoms with van der Waals surface area (Å²) in [6, 6.07) is -0.0505. The number of aliphatic carboxylic acids is 1. The van der Waals surface area contributed by atoms with Crippen LogP contribution in [0.3, 0.4) is 0 Å². The van der Waals surface area contributed by atoms with Gasteiger partial charge in [0.1, 0.15) is 12.1 Å². The first-order valence-corrected chi connectivity index (χ1v) is 8.23. The molecule has 112 valence electrons. The first-order valence-electron chi connectivity index (χ1n) is 7.35.